The Bertz CT molecular complexity index is 184. The van der Waals surface area contributed by atoms with E-state index in [1.54, 1.807) is 0 Å². The molecule has 0 amide bonds. The number of carbonyl (C=O) groups excluding carboxylic acids is 2. The molecular formula is C12H23BO2. The van der Waals surface area contributed by atoms with Crippen LogP contribution < -0.4 is 0 Å². The Morgan fingerprint density at radius 2 is 1.33 bits per heavy atom. The van der Waals surface area contributed by atoms with Gasteiger partial charge in [-0.3, -0.25) is 0 Å². The minimum Gasteiger partial charge on any atom is -0.310 e. The van der Waals surface area contributed by atoms with E-state index in [1.165, 1.54) is 0 Å². The molecule has 0 aromatic carbocycles. The van der Waals surface area contributed by atoms with Crippen molar-refractivity contribution in [3.63, 3.8) is 0 Å². The minimum absolute atomic E-state index is 0.157. The third-order valence-corrected chi connectivity index (χ3v) is 2.62. The highest BCUT2D eigenvalue weighted by molar-refractivity contribution is 7.11. The van der Waals surface area contributed by atoms with Crippen LogP contribution in [-0.2, 0) is 9.59 Å². The average molecular weight is 210 g/mol. The third-order valence-electron chi connectivity index (χ3n) is 2.62. The van der Waals surface area contributed by atoms with Crippen molar-refractivity contribution in [1.29, 1.82) is 0 Å². The molecule has 0 heterocycles. The maximum Gasteiger partial charge on any atom is 0.302 e. The van der Waals surface area contributed by atoms with E-state index in [4.69, 9.17) is 0 Å². The van der Waals surface area contributed by atoms with Gasteiger partial charge in [-0.15, -0.1) is 0 Å². The zero-order valence-electron chi connectivity index (χ0n) is 10.3. The first-order valence-electron chi connectivity index (χ1n) is 6.22. The van der Waals surface area contributed by atoms with Crippen LogP contribution in [0, 0.1) is 0 Å². The lowest BCUT2D eigenvalue weighted by Crippen LogP contribution is -2.35. The summed E-state index contributed by atoms with van der Waals surface area (Å²) in [5.41, 5.74) is 0.314. The van der Waals surface area contributed by atoms with Crippen LogP contribution in [0.4, 0.5) is 0 Å². The highest BCUT2D eigenvalue weighted by Gasteiger charge is 2.28. The summed E-state index contributed by atoms with van der Waals surface area (Å²) in [7, 11) is 0. The quantitative estimate of drug-likeness (QED) is 0.548. The maximum atomic E-state index is 11.7. The zero-order valence-corrected chi connectivity index (χ0v) is 10.3. The van der Waals surface area contributed by atoms with Gasteiger partial charge in [-0.1, -0.05) is 52.8 Å². The van der Waals surface area contributed by atoms with E-state index < -0.39 is 0 Å². The summed E-state index contributed by atoms with van der Waals surface area (Å²) in [5, 5.41) is 0. The largest absolute Gasteiger partial charge is 0.310 e. The topological polar surface area (TPSA) is 34.1 Å². The van der Waals surface area contributed by atoms with Gasteiger partial charge in [0.15, 0.2) is 0 Å². The van der Waals surface area contributed by atoms with Crippen molar-refractivity contribution in [2.45, 2.75) is 65.6 Å². The second-order valence-corrected chi connectivity index (χ2v) is 4.13. The molecule has 0 aromatic heterocycles. The van der Waals surface area contributed by atoms with Gasteiger partial charge in [0.2, 0.25) is 0 Å². The van der Waals surface area contributed by atoms with Crippen LogP contribution in [0.2, 0.25) is 6.32 Å². The predicted octanol–water partition coefficient (Wildman–Crippen LogP) is 3.10. The predicted molar refractivity (Wildman–Crippen MR) is 65.3 cm³/mol. The molecule has 0 atom stereocenters. The van der Waals surface area contributed by atoms with Crippen molar-refractivity contribution < 1.29 is 9.59 Å². The fourth-order valence-electron chi connectivity index (χ4n) is 1.75. The number of hydrogen-bond donors (Lipinski definition) is 0. The van der Waals surface area contributed by atoms with E-state index in [-0.39, 0.29) is 18.1 Å². The Morgan fingerprint density at radius 3 is 1.67 bits per heavy atom. The molecule has 0 spiro atoms. The third kappa shape index (κ3) is 5.76. The van der Waals surface area contributed by atoms with Gasteiger partial charge >= 0.3 is 6.71 Å². The van der Waals surface area contributed by atoms with E-state index in [2.05, 4.69) is 6.92 Å². The van der Waals surface area contributed by atoms with Crippen LogP contribution in [0.25, 0.3) is 0 Å². The van der Waals surface area contributed by atoms with Crippen molar-refractivity contribution >= 4 is 18.1 Å². The van der Waals surface area contributed by atoms with Gasteiger partial charge in [-0.2, -0.15) is 0 Å². The first kappa shape index (κ1) is 14.4. The van der Waals surface area contributed by atoms with Crippen LogP contribution in [-0.4, -0.2) is 18.1 Å². The molecule has 0 aromatic rings. The van der Waals surface area contributed by atoms with Crippen LogP contribution in [0.1, 0.15) is 59.3 Å². The second kappa shape index (κ2) is 8.69. The Balaban J connectivity index is 4.28. The molecule has 0 unspecified atom stereocenters. The highest BCUT2D eigenvalue weighted by atomic mass is 16.1. The number of unbranched alkanes of at least 4 members (excludes halogenated alkanes) is 1. The molecule has 0 radical (unpaired) electrons. The van der Waals surface area contributed by atoms with Gasteiger partial charge in [0, 0.05) is 0 Å². The molecule has 86 valence electrons. The van der Waals surface area contributed by atoms with Gasteiger partial charge in [0.25, 0.3) is 0 Å². The van der Waals surface area contributed by atoms with E-state index >= 15 is 0 Å². The lowest BCUT2D eigenvalue weighted by Gasteiger charge is -2.09. The summed E-state index contributed by atoms with van der Waals surface area (Å²) in [4.78, 5) is 23.5. The summed E-state index contributed by atoms with van der Waals surface area (Å²) in [6.45, 7) is 5.76. The summed E-state index contributed by atoms with van der Waals surface area (Å²) >= 11 is 0. The van der Waals surface area contributed by atoms with Crippen molar-refractivity contribution in [1.82, 2.24) is 0 Å². The van der Waals surface area contributed by atoms with Gasteiger partial charge in [0.05, 0.1) is 0 Å². The molecule has 0 rings (SSSR count). The summed E-state index contributed by atoms with van der Waals surface area (Å²) in [6, 6.07) is 0. The Labute approximate surface area is 93.9 Å². The molecule has 0 saturated heterocycles. The van der Waals surface area contributed by atoms with E-state index in [9.17, 15) is 9.59 Å². The Kier molecular flexibility index (Phi) is 8.35. The van der Waals surface area contributed by atoms with Crippen molar-refractivity contribution in [3.05, 3.63) is 0 Å². The van der Waals surface area contributed by atoms with Crippen LogP contribution in [0.15, 0.2) is 0 Å². The Morgan fingerprint density at radius 1 is 0.867 bits per heavy atom. The van der Waals surface area contributed by atoms with E-state index in [0.29, 0.717) is 12.8 Å². The molecule has 0 N–H and O–H groups in total. The number of hydrogen-bond acceptors (Lipinski definition) is 2. The van der Waals surface area contributed by atoms with Crippen LogP contribution in [0.3, 0.4) is 0 Å². The molecule has 2 nitrogen and oxygen atoms in total. The van der Waals surface area contributed by atoms with Gasteiger partial charge in [0.1, 0.15) is 11.4 Å². The molecule has 0 bridgehead atoms. The van der Waals surface area contributed by atoms with Crippen LogP contribution in [0.5, 0.6) is 0 Å². The first-order chi connectivity index (χ1) is 7.17. The van der Waals surface area contributed by atoms with Crippen molar-refractivity contribution in [3.8, 4) is 0 Å². The van der Waals surface area contributed by atoms with Crippen LogP contribution >= 0.6 is 0 Å². The van der Waals surface area contributed by atoms with Gasteiger partial charge in [-0.05, 0) is 12.8 Å². The lowest BCUT2D eigenvalue weighted by molar-refractivity contribution is -0.115. The molecule has 0 aliphatic heterocycles. The summed E-state index contributed by atoms with van der Waals surface area (Å²) in [5.74, 6) is 0. The fraction of sp³-hybridized carbons (Fsp3) is 0.833. The smallest absolute Gasteiger partial charge is 0.302 e. The normalized spacial score (nSPS) is 10.1. The summed E-state index contributed by atoms with van der Waals surface area (Å²) in [6.07, 6.45) is 5.61. The Hall–Kier alpha value is -0.595. The molecular weight excluding hydrogens is 187 g/mol. The lowest BCUT2D eigenvalue weighted by atomic mass is 9.39. The second-order valence-electron chi connectivity index (χ2n) is 4.13. The first-order valence-corrected chi connectivity index (χ1v) is 6.22. The molecule has 0 aliphatic carbocycles. The number of carbonyl (C=O) groups is 2. The van der Waals surface area contributed by atoms with Crippen molar-refractivity contribution in [2.75, 3.05) is 0 Å². The fourth-order valence-corrected chi connectivity index (χ4v) is 1.75. The molecule has 0 aliphatic rings. The average Bonchev–Trinajstić information content (AvgIpc) is 2.19. The molecule has 0 fully saturated rings. The van der Waals surface area contributed by atoms with Crippen molar-refractivity contribution in [2.24, 2.45) is 0 Å². The molecule has 3 heteroatoms. The van der Waals surface area contributed by atoms with E-state index in [0.717, 1.165) is 32.0 Å². The van der Waals surface area contributed by atoms with Gasteiger partial charge < -0.3 is 9.59 Å². The summed E-state index contributed by atoms with van der Waals surface area (Å²) < 4.78 is 0. The van der Waals surface area contributed by atoms with Gasteiger partial charge in [-0.25, -0.2) is 0 Å². The highest BCUT2D eigenvalue weighted by Crippen LogP contribution is 2.09. The monoisotopic (exact) mass is 210 g/mol. The molecule has 15 heavy (non-hydrogen) atoms. The SMILES string of the molecule is CCCCB(C(=O)CCC)C(=O)CCC. The zero-order chi connectivity index (χ0) is 11.7. The van der Waals surface area contributed by atoms with E-state index in [1.807, 2.05) is 13.8 Å². The standard InChI is InChI=1S/C12H23BO2/c1-4-7-10-13(11(14)8-5-2)12(15)9-6-3/h4-10H2,1-3H3. The number of rotatable bonds is 9. The maximum absolute atomic E-state index is 11.7. The molecule has 0 saturated carbocycles. The minimum atomic E-state index is -0.301.